The average molecular weight is 240 g/mol. The molecule has 0 unspecified atom stereocenters. The summed E-state index contributed by atoms with van der Waals surface area (Å²) in [7, 11) is 0. The van der Waals surface area contributed by atoms with Crippen LogP contribution in [-0.2, 0) is 6.42 Å². The van der Waals surface area contributed by atoms with Crippen molar-refractivity contribution >= 4 is 28.6 Å². The molecule has 4 nitrogen and oxygen atoms in total. The number of thiazole rings is 2. The van der Waals surface area contributed by atoms with Gasteiger partial charge >= 0.3 is 5.97 Å². The molecule has 0 bridgehead atoms. The number of hydrogen-bond acceptors (Lipinski definition) is 5. The van der Waals surface area contributed by atoms with E-state index < -0.39 is 5.97 Å². The first kappa shape index (κ1) is 10.3. The smallest absolute Gasteiger partial charge is 0.347 e. The molecule has 0 aliphatic carbocycles. The van der Waals surface area contributed by atoms with Gasteiger partial charge in [-0.05, 0) is 6.42 Å². The summed E-state index contributed by atoms with van der Waals surface area (Å²) in [5.74, 6) is -0.911. The molecule has 0 saturated heterocycles. The molecule has 15 heavy (non-hydrogen) atoms. The minimum absolute atomic E-state index is 0.320. The molecular formula is C9H8N2O2S2. The molecule has 0 aliphatic rings. The summed E-state index contributed by atoms with van der Waals surface area (Å²) in [5.41, 5.74) is 3.10. The first-order valence-electron chi connectivity index (χ1n) is 4.34. The Morgan fingerprint density at radius 3 is 2.87 bits per heavy atom. The normalized spacial score (nSPS) is 10.5. The van der Waals surface area contributed by atoms with Gasteiger partial charge in [-0.1, -0.05) is 6.92 Å². The number of aromatic carboxylic acids is 1. The number of carboxylic acids is 1. The average Bonchev–Trinajstić information content (AvgIpc) is 2.86. The zero-order chi connectivity index (χ0) is 10.8. The number of rotatable bonds is 3. The standard InChI is InChI=1S/C9H8N2O2S2/c1-2-5-7(9(12)13)15-8(11-5)6-3-14-4-10-6/h3-4H,2H2,1H3,(H,12,13). The molecule has 2 rings (SSSR count). The fraction of sp³-hybridized carbons (Fsp3) is 0.222. The highest BCUT2D eigenvalue weighted by molar-refractivity contribution is 7.17. The van der Waals surface area contributed by atoms with Gasteiger partial charge in [-0.15, -0.1) is 22.7 Å². The third-order valence-corrected chi connectivity index (χ3v) is 3.57. The number of aryl methyl sites for hydroxylation is 1. The lowest BCUT2D eigenvalue weighted by Gasteiger charge is -1.89. The van der Waals surface area contributed by atoms with Crippen molar-refractivity contribution in [1.29, 1.82) is 0 Å². The van der Waals surface area contributed by atoms with Crippen molar-refractivity contribution < 1.29 is 9.90 Å². The summed E-state index contributed by atoms with van der Waals surface area (Å²) in [4.78, 5) is 19.6. The van der Waals surface area contributed by atoms with Crippen molar-refractivity contribution in [2.75, 3.05) is 0 Å². The highest BCUT2D eigenvalue weighted by atomic mass is 32.1. The van der Waals surface area contributed by atoms with Crippen LogP contribution in [0.3, 0.4) is 0 Å². The number of carbonyl (C=O) groups is 1. The largest absolute Gasteiger partial charge is 0.477 e. The first-order valence-corrected chi connectivity index (χ1v) is 6.10. The molecule has 0 saturated carbocycles. The Morgan fingerprint density at radius 1 is 1.60 bits per heavy atom. The van der Waals surface area contributed by atoms with E-state index in [1.807, 2.05) is 12.3 Å². The van der Waals surface area contributed by atoms with E-state index in [-0.39, 0.29) is 0 Å². The van der Waals surface area contributed by atoms with Crippen molar-refractivity contribution in [3.63, 3.8) is 0 Å². The van der Waals surface area contributed by atoms with Crippen molar-refractivity contribution in [2.24, 2.45) is 0 Å². The molecule has 0 aromatic carbocycles. The molecule has 6 heteroatoms. The van der Waals surface area contributed by atoms with Gasteiger partial charge in [-0.3, -0.25) is 0 Å². The topological polar surface area (TPSA) is 63.1 Å². The van der Waals surface area contributed by atoms with Crippen LogP contribution in [-0.4, -0.2) is 21.0 Å². The van der Waals surface area contributed by atoms with Gasteiger partial charge in [0.15, 0.2) is 0 Å². The molecule has 2 heterocycles. The van der Waals surface area contributed by atoms with E-state index >= 15 is 0 Å². The highest BCUT2D eigenvalue weighted by Crippen LogP contribution is 2.28. The fourth-order valence-corrected chi connectivity index (χ4v) is 2.76. The van der Waals surface area contributed by atoms with Crippen LogP contribution in [0.2, 0.25) is 0 Å². The minimum Gasteiger partial charge on any atom is -0.477 e. The summed E-state index contributed by atoms with van der Waals surface area (Å²) < 4.78 is 0. The molecule has 0 aliphatic heterocycles. The van der Waals surface area contributed by atoms with Gasteiger partial charge in [0.1, 0.15) is 15.6 Å². The molecule has 0 spiro atoms. The van der Waals surface area contributed by atoms with Gasteiger partial charge in [0.05, 0.1) is 11.2 Å². The molecular weight excluding hydrogens is 232 g/mol. The molecule has 0 amide bonds. The van der Waals surface area contributed by atoms with Gasteiger partial charge in [0.2, 0.25) is 0 Å². The highest BCUT2D eigenvalue weighted by Gasteiger charge is 2.17. The predicted molar refractivity (Wildman–Crippen MR) is 59.6 cm³/mol. The Labute approximate surface area is 94.3 Å². The van der Waals surface area contributed by atoms with Crippen molar-refractivity contribution in [3.8, 4) is 10.7 Å². The Bertz CT molecular complexity index is 476. The van der Waals surface area contributed by atoms with Crippen LogP contribution in [0.15, 0.2) is 10.9 Å². The van der Waals surface area contributed by atoms with Crippen molar-refractivity contribution in [1.82, 2.24) is 9.97 Å². The zero-order valence-electron chi connectivity index (χ0n) is 7.93. The SMILES string of the molecule is CCc1nc(-c2cscn2)sc1C(=O)O. The maximum absolute atomic E-state index is 10.9. The van der Waals surface area contributed by atoms with Crippen LogP contribution in [0.4, 0.5) is 0 Å². The number of aromatic nitrogens is 2. The number of carboxylic acid groups (broad SMARTS) is 1. The number of hydrogen-bond donors (Lipinski definition) is 1. The van der Waals surface area contributed by atoms with Crippen LogP contribution >= 0.6 is 22.7 Å². The Balaban J connectivity index is 2.48. The quantitative estimate of drug-likeness (QED) is 0.895. The lowest BCUT2D eigenvalue weighted by molar-refractivity contribution is 0.0701. The number of nitrogens with zero attached hydrogens (tertiary/aromatic N) is 2. The lowest BCUT2D eigenvalue weighted by atomic mass is 10.3. The molecule has 78 valence electrons. The van der Waals surface area contributed by atoms with Crippen LogP contribution in [0.1, 0.15) is 22.3 Å². The Hall–Kier alpha value is -1.27. The maximum Gasteiger partial charge on any atom is 0.347 e. The van der Waals surface area contributed by atoms with Crippen LogP contribution in [0.5, 0.6) is 0 Å². The summed E-state index contributed by atoms with van der Waals surface area (Å²) in [5, 5.41) is 11.5. The van der Waals surface area contributed by atoms with E-state index in [1.165, 1.54) is 22.7 Å². The van der Waals surface area contributed by atoms with E-state index in [1.54, 1.807) is 5.51 Å². The summed E-state index contributed by atoms with van der Waals surface area (Å²) in [6.45, 7) is 1.90. The van der Waals surface area contributed by atoms with Crippen LogP contribution < -0.4 is 0 Å². The van der Waals surface area contributed by atoms with E-state index in [4.69, 9.17) is 5.11 Å². The molecule has 2 aromatic heterocycles. The van der Waals surface area contributed by atoms with E-state index in [9.17, 15) is 4.79 Å². The molecule has 2 aromatic rings. The van der Waals surface area contributed by atoms with E-state index in [0.717, 1.165) is 5.69 Å². The fourth-order valence-electron chi connectivity index (χ4n) is 1.19. The molecule has 0 radical (unpaired) electrons. The summed E-state index contributed by atoms with van der Waals surface area (Å²) >= 11 is 2.66. The van der Waals surface area contributed by atoms with Gasteiger partial charge < -0.3 is 5.11 Å². The molecule has 0 atom stereocenters. The zero-order valence-corrected chi connectivity index (χ0v) is 9.56. The lowest BCUT2D eigenvalue weighted by Crippen LogP contribution is -1.97. The predicted octanol–water partition coefficient (Wildman–Crippen LogP) is 2.53. The maximum atomic E-state index is 10.9. The van der Waals surface area contributed by atoms with Crippen molar-refractivity contribution in [3.05, 3.63) is 21.5 Å². The molecule has 0 fully saturated rings. The van der Waals surface area contributed by atoms with Crippen molar-refractivity contribution in [2.45, 2.75) is 13.3 Å². The van der Waals surface area contributed by atoms with Gasteiger partial charge in [0, 0.05) is 5.38 Å². The van der Waals surface area contributed by atoms with E-state index in [0.29, 0.717) is 22.0 Å². The minimum atomic E-state index is -0.911. The Morgan fingerprint density at radius 2 is 2.40 bits per heavy atom. The molecule has 1 N–H and O–H groups in total. The summed E-state index contributed by atoms with van der Waals surface area (Å²) in [6.07, 6.45) is 0.627. The monoisotopic (exact) mass is 240 g/mol. The van der Waals surface area contributed by atoms with Gasteiger partial charge in [0.25, 0.3) is 0 Å². The summed E-state index contributed by atoms with van der Waals surface area (Å²) in [6, 6.07) is 0. The second-order valence-electron chi connectivity index (χ2n) is 2.83. The Kier molecular flexibility index (Phi) is 2.79. The van der Waals surface area contributed by atoms with Gasteiger partial charge in [-0.25, -0.2) is 14.8 Å². The second-order valence-corrected chi connectivity index (χ2v) is 4.54. The van der Waals surface area contributed by atoms with Crippen LogP contribution in [0, 0.1) is 0 Å². The second kappa shape index (κ2) is 4.08. The first-order chi connectivity index (χ1) is 7.22. The van der Waals surface area contributed by atoms with E-state index in [2.05, 4.69) is 9.97 Å². The van der Waals surface area contributed by atoms with Gasteiger partial charge in [-0.2, -0.15) is 0 Å². The third kappa shape index (κ3) is 1.91. The third-order valence-electron chi connectivity index (χ3n) is 1.88. The van der Waals surface area contributed by atoms with Crippen LogP contribution in [0.25, 0.3) is 10.7 Å².